The third kappa shape index (κ3) is 6.82. The van der Waals surface area contributed by atoms with E-state index in [1.54, 1.807) is 36.4 Å². The third-order valence-corrected chi connectivity index (χ3v) is 6.31. The Morgan fingerprint density at radius 1 is 1.05 bits per heavy atom. The highest BCUT2D eigenvalue weighted by molar-refractivity contribution is 6.39. The zero-order valence-corrected chi connectivity index (χ0v) is 23.0. The Morgan fingerprint density at radius 2 is 1.80 bits per heavy atom. The van der Waals surface area contributed by atoms with Gasteiger partial charge in [0.15, 0.2) is 11.5 Å². The summed E-state index contributed by atoms with van der Waals surface area (Å²) in [5, 5.41) is 13.3. The van der Waals surface area contributed by atoms with Crippen molar-refractivity contribution in [2.45, 2.75) is 26.4 Å². The van der Waals surface area contributed by atoms with Gasteiger partial charge < -0.3 is 14.2 Å². The van der Waals surface area contributed by atoms with Gasteiger partial charge >= 0.3 is 6.03 Å². The number of urea groups is 1. The minimum atomic E-state index is -0.877. The van der Waals surface area contributed by atoms with Gasteiger partial charge in [-0.2, -0.15) is 0 Å². The lowest BCUT2D eigenvalue weighted by Crippen LogP contribution is -2.54. The van der Waals surface area contributed by atoms with E-state index in [0.29, 0.717) is 23.5 Å². The molecule has 3 aromatic rings. The average molecular weight is 580 g/mol. The van der Waals surface area contributed by atoms with Gasteiger partial charge in [-0.05, 0) is 60.0 Å². The van der Waals surface area contributed by atoms with Gasteiger partial charge in [0.05, 0.1) is 29.4 Å². The molecule has 4 amide bonds. The Morgan fingerprint density at radius 3 is 2.49 bits per heavy atom. The van der Waals surface area contributed by atoms with Gasteiger partial charge in [-0.1, -0.05) is 37.1 Å². The topological polar surface area (TPSA) is 137 Å². The van der Waals surface area contributed by atoms with Crippen LogP contribution >= 0.6 is 11.6 Å². The Kier molecular flexibility index (Phi) is 9.20. The largest absolute Gasteiger partial charge is 0.494 e. The number of barbiturate groups is 1. The number of unbranched alkanes of at least 4 members (excludes halogenated alkanes) is 1. The van der Waals surface area contributed by atoms with Crippen molar-refractivity contribution >= 4 is 46.9 Å². The molecule has 1 aliphatic heterocycles. The van der Waals surface area contributed by atoms with E-state index >= 15 is 0 Å². The molecule has 0 atom stereocenters. The van der Waals surface area contributed by atoms with Crippen LogP contribution in [0.5, 0.6) is 17.2 Å². The number of halogens is 1. The van der Waals surface area contributed by atoms with Gasteiger partial charge in [0, 0.05) is 12.1 Å². The van der Waals surface area contributed by atoms with E-state index in [-0.39, 0.29) is 40.1 Å². The molecule has 212 valence electrons. The molecule has 12 heteroatoms. The maximum atomic E-state index is 13.3. The van der Waals surface area contributed by atoms with Crippen LogP contribution in [0.1, 0.15) is 30.9 Å². The van der Waals surface area contributed by atoms with Crippen LogP contribution in [0.2, 0.25) is 5.02 Å². The number of hydrogen-bond donors (Lipinski definition) is 1. The number of rotatable bonds is 11. The molecule has 11 nitrogen and oxygen atoms in total. The van der Waals surface area contributed by atoms with Crippen molar-refractivity contribution in [1.29, 1.82) is 0 Å². The predicted molar refractivity (Wildman–Crippen MR) is 151 cm³/mol. The van der Waals surface area contributed by atoms with Crippen molar-refractivity contribution in [2.75, 3.05) is 18.6 Å². The minimum Gasteiger partial charge on any atom is -0.494 e. The summed E-state index contributed by atoms with van der Waals surface area (Å²) >= 11 is 6.46. The lowest BCUT2D eigenvalue weighted by Gasteiger charge is -2.26. The van der Waals surface area contributed by atoms with E-state index in [1.165, 1.54) is 37.5 Å². The third-order valence-electron chi connectivity index (χ3n) is 6.03. The van der Waals surface area contributed by atoms with Gasteiger partial charge in [0.2, 0.25) is 0 Å². The molecule has 0 aromatic heterocycles. The number of imide groups is 2. The lowest BCUT2D eigenvalue weighted by atomic mass is 10.1. The summed E-state index contributed by atoms with van der Waals surface area (Å²) in [5.74, 6) is -0.727. The number of ether oxygens (including phenoxy) is 3. The smallest absolute Gasteiger partial charge is 0.335 e. The number of anilines is 1. The predicted octanol–water partition coefficient (Wildman–Crippen LogP) is 5.68. The number of benzene rings is 3. The molecular formula is C29H26ClN3O8. The standard InChI is InChI=1S/C29H26ClN3O8/c1-3-4-12-40-22-10-8-20(9-11-22)32-28(35)23(27(34)31-29(32)36)14-19-15-24(30)26(25(16-19)39-2)41-17-18-6-5-7-21(13-18)33(37)38/h5-11,13-16H,3-4,12,17H2,1-2H3,(H,31,34,36)/b23-14-. The number of nitro groups is 1. The molecule has 4 rings (SSSR count). The molecule has 0 unspecified atom stereocenters. The van der Waals surface area contributed by atoms with Crippen molar-refractivity contribution in [3.63, 3.8) is 0 Å². The number of hydrogen-bond acceptors (Lipinski definition) is 8. The van der Waals surface area contributed by atoms with E-state index in [9.17, 15) is 24.5 Å². The summed E-state index contributed by atoms with van der Waals surface area (Å²) in [5.41, 5.74) is 0.760. The Hall–Kier alpha value is -4.90. The molecule has 0 saturated carbocycles. The molecule has 0 spiro atoms. The average Bonchev–Trinajstić information content (AvgIpc) is 2.95. The number of nitrogens with zero attached hydrogens (tertiary/aromatic N) is 2. The van der Waals surface area contributed by atoms with Crippen LogP contribution < -0.4 is 24.4 Å². The second-order valence-electron chi connectivity index (χ2n) is 8.90. The number of methoxy groups -OCH3 is 1. The summed E-state index contributed by atoms with van der Waals surface area (Å²) < 4.78 is 16.8. The molecule has 1 fully saturated rings. The van der Waals surface area contributed by atoms with Gasteiger partial charge in [-0.15, -0.1) is 0 Å². The van der Waals surface area contributed by atoms with E-state index in [1.807, 2.05) is 0 Å². The zero-order valence-electron chi connectivity index (χ0n) is 22.2. The van der Waals surface area contributed by atoms with Crippen molar-refractivity contribution in [1.82, 2.24) is 5.32 Å². The molecule has 1 aliphatic rings. The summed E-state index contributed by atoms with van der Waals surface area (Å²) in [6, 6.07) is 14.4. The second kappa shape index (κ2) is 13.0. The lowest BCUT2D eigenvalue weighted by molar-refractivity contribution is -0.384. The van der Waals surface area contributed by atoms with Crippen LogP contribution in [0.15, 0.2) is 66.2 Å². The molecular weight excluding hydrogens is 554 g/mol. The van der Waals surface area contributed by atoms with Crippen molar-refractivity contribution < 1.29 is 33.5 Å². The molecule has 3 aromatic carbocycles. The minimum absolute atomic E-state index is 0.0292. The summed E-state index contributed by atoms with van der Waals surface area (Å²) in [7, 11) is 1.39. The molecule has 0 bridgehead atoms. The van der Waals surface area contributed by atoms with Crippen LogP contribution in [0.4, 0.5) is 16.2 Å². The van der Waals surface area contributed by atoms with Crippen molar-refractivity contribution in [2.24, 2.45) is 0 Å². The van der Waals surface area contributed by atoms with Gasteiger partial charge in [-0.25, -0.2) is 9.69 Å². The first kappa shape index (κ1) is 29.1. The normalized spacial score (nSPS) is 14.2. The maximum Gasteiger partial charge on any atom is 0.335 e. The number of nitro benzene ring substituents is 1. The van der Waals surface area contributed by atoms with E-state index in [0.717, 1.165) is 17.7 Å². The highest BCUT2D eigenvalue weighted by Crippen LogP contribution is 2.38. The first-order chi connectivity index (χ1) is 19.7. The van der Waals surface area contributed by atoms with Crippen molar-refractivity contribution in [3.8, 4) is 17.2 Å². The van der Waals surface area contributed by atoms with Crippen molar-refractivity contribution in [3.05, 3.63) is 92.5 Å². The monoisotopic (exact) mass is 579 g/mol. The van der Waals surface area contributed by atoms with E-state index in [4.69, 9.17) is 25.8 Å². The first-order valence-electron chi connectivity index (χ1n) is 12.6. The zero-order chi connectivity index (χ0) is 29.5. The summed E-state index contributed by atoms with van der Waals surface area (Å²) in [4.78, 5) is 49.9. The van der Waals surface area contributed by atoms with Crippen LogP contribution in [-0.4, -0.2) is 36.5 Å². The fraction of sp³-hybridized carbons (Fsp3) is 0.207. The number of amides is 4. The quantitative estimate of drug-likeness (QED) is 0.101. The molecule has 1 heterocycles. The number of carbonyl (C=O) groups is 3. The fourth-order valence-corrected chi connectivity index (χ4v) is 4.24. The van der Waals surface area contributed by atoms with Gasteiger partial charge in [0.25, 0.3) is 17.5 Å². The molecule has 41 heavy (non-hydrogen) atoms. The SMILES string of the molecule is CCCCOc1ccc(N2C(=O)NC(=O)/C(=C/c3cc(Cl)c(OCc4cccc([N+](=O)[O-])c4)c(OC)c3)C2=O)cc1. The number of carbonyl (C=O) groups excluding carboxylic acids is 3. The van der Waals surface area contributed by atoms with Gasteiger partial charge in [-0.3, -0.25) is 25.0 Å². The molecule has 0 radical (unpaired) electrons. The molecule has 1 N–H and O–H groups in total. The van der Waals surface area contributed by atoms with Crippen LogP contribution in [0.25, 0.3) is 6.08 Å². The molecule has 1 saturated heterocycles. The maximum absolute atomic E-state index is 13.3. The fourth-order valence-electron chi connectivity index (χ4n) is 3.96. The Bertz CT molecular complexity index is 1520. The highest BCUT2D eigenvalue weighted by atomic mass is 35.5. The Balaban J connectivity index is 1.57. The van der Waals surface area contributed by atoms with Gasteiger partial charge in [0.1, 0.15) is 17.9 Å². The summed E-state index contributed by atoms with van der Waals surface area (Å²) in [6.07, 6.45) is 3.17. The summed E-state index contributed by atoms with van der Waals surface area (Å²) in [6.45, 7) is 2.57. The van der Waals surface area contributed by atoms with E-state index in [2.05, 4.69) is 12.2 Å². The first-order valence-corrected chi connectivity index (χ1v) is 13.0. The van der Waals surface area contributed by atoms with Crippen LogP contribution in [0, 0.1) is 10.1 Å². The number of nitrogens with one attached hydrogen (secondary N) is 1. The Labute approximate surface area is 240 Å². The highest BCUT2D eigenvalue weighted by Gasteiger charge is 2.37. The molecule has 0 aliphatic carbocycles. The van der Waals surface area contributed by atoms with Crippen LogP contribution in [0.3, 0.4) is 0 Å². The van der Waals surface area contributed by atoms with E-state index < -0.39 is 22.8 Å². The van der Waals surface area contributed by atoms with Crippen LogP contribution in [-0.2, 0) is 16.2 Å². The second-order valence-corrected chi connectivity index (χ2v) is 9.31. The number of non-ortho nitro benzene ring substituents is 1.